The Hall–Kier alpha value is -2.47. The lowest BCUT2D eigenvalue weighted by molar-refractivity contribution is -0.115. The van der Waals surface area contributed by atoms with E-state index >= 15 is 0 Å². The standard InChI is InChI=1S/C17H13BrN4O/c18-12-5-7-22-10-21-14(15(22)8-12)9-20-17(23)13-4-3-11-2-1-6-19-16(11)13/h1-2,4-8,10H,3,9H2,(H,20,23). The molecule has 0 saturated carbocycles. The summed E-state index contributed by atoms with van der Waals surface area (Å²) in [6.07, 6.45) is 8.07. The predicted molar refractivity (Wildman–Crippen MR) is 90.7 cm³/mol. The molecular weight excluding hydrogens is 356 g/mol. The van der Waals surface area contributed by atoms with E-state index in [1.807, 2.05) is 40.9 Å². The van der Waals surface area contributed by atoms with Gasteiger partial charge >= 0.3 is 0 Å². The van der Waals surface area contributed by atoms with Crippen molar-refractivity contribution >= 4 is 32.9 Å². The molecule has 1 amide bonds. The molecular formula is C17H13BrN4O. The summed E-state index contributed by atoms with van der Waals surface area (Å²) in [6, 6.07) is 7.82. The number of aromatic nitrogens is 3. The average Bonchev–Trinajstić information content (AvgIpc) is 3.16. The lowest BCUT2D eigenvalue weighted by Crippen LogP contribution is -2.24. The molecule has 6 heteroatoms. The molecule has 23 heavy (non-hydrogen) atoms. The van der Waals surface area contributed by atoms with E-state index in [-0.39, 0.29) is 5.91 Å². The number of pyridine rings is 2. The number of fused-ring (bicyclic) bond motifs is 2. The molecule has 0 atom stereocenters. The van der Waals surface area contributed by atoms with Crippen LogP contribution in [0, 0.1) is 0 Å². The summed E-state index contributed by atoms with van der Waals surface area (Å²) in [4.78, 5) is 21.1. The van der Waals surface area contributed by atoms with Gasteiger partial charge in [0.15, 0.2) is 0 Å². The van der Waals surface area contributed by atoms with Crippen LogP contribution in [-0.2, 0) is 17.8 Å². The third-order valence-corrected chi connectivity index (χ3v) is 4.41. The highest BCUT2D eigenvalue weighted by atomic mass is 79.9. The highest BCUT2D eigenvalue weighted by Gasteiger charge is 2.21. The first-order chi connectivity index (χ1) is 11.2. The van der Waals surface area contributed by atoms with Gasteiger partial charge in [0, 0.05) is 16.9 Å². The second-order valence-electron chi connectivity index (χ2n) is 5.34. The number of hydrogen-bond donors (Lipinski definition) is 1. The van der Waals surface area contributed by atoms with Crippen LogP contribution in [0.4, 0.5) is 0 Å². The number of carbonyl (C=O) groups excluding carboxylic acids is 1. The molecule has 0 radical (unpaired) electrons. The molecule has 0 saturated heterocycles. The summed E-state index contributed by atoms with van der Waals surface area (Å²) in [7, 11) is 0. The van der Waals surface area contributed by atoms with Crippen molar-refractivity contribution in [3.05, 3.63) is 70.5 Å². The van der Waals surface area contributed by atoms with Crippen LogP contribution >= 0.6 is 15.9 Å². The van der Waals surface area contributed by atoms with Gasteiger partial charge in [0.05, 0.1) is 35.3 Å². The number of rotatable bonds is 3. The Balaban J connectivity index is 1.53. The van der Waals surface area contributed by atoms with Gasteiger partial charge in [-0.3, -0.25) is 9.78 Å². The molecule has 5 nitrogen and oxygen atoms in total. The quantitative estimate of drug-likeness (QED) is 0.773. The maximum Gasteiger partial charge on any atom is 0.253 e. The molecule has 0 aromatic carbocycles. The zero-order valence-corrected chi connectivity index (χ0v) is 13.7. The molecule has 3 heterocycles. The average molecular weight is 369 g/mol. The topological polar surface area (TPSA) is 59.3 Å². The van der Waals surface area contributed by atoms with Crippen LogP contribution in [0.2, 0.25) is 0 Å². The monoisotopic (exact) mass is 368 g/mol. The molecule has 0 unspecified atom stereocenters. The van der Waals surface area contributed by atoms with Gasteiger partial charge in [-0.2, -0.15) is 0 Å². The molecule has 0 fully saturated rings. The van der Waals surface area contributed by atoms with Crippen LogP contribution in [0.25, 0.3) is 11.1 Å². The van der Waals surface area contributed by atoms with E-state index in [0.29, 0.717) is 12.1 Å². The Morgan fingerprint density at radius 1 is 1.35 bits per heavy atom. The summed E-state index contributed by atoms with van der Waals surface area (Å²) < 4.78 is 2.91. The molecule has 0 spiro atoms. The first-order valence-electron chi connectivity index (χ1n) is 7.26. The Bertz CT molecular complexity index is 945. The lowest BCUT2D eigenvalue weighted by atomic mass is 10.1. The van der Waals surface area contributed by atoms with E-state index in [0.717, 1.165) is 33.4 Å². The van der Waals surface area contributed by atoms with Crippen molar-refractivity contribution < 1.29 is 4.79 Å². The number of imidazole rings is 1. The summed E-state index contributed by atoms with van der Waals surface area (Å²) in [5, 5.41) is 2.94. The number of nitrogens with zero attached hydrogens (tertiary/aromatic N) is 3. The number of hydrogen-bond acceptors (Lipinski definition) is 3. The van der Waals surface area contributed by atoms with Gasteiger partial charge < -0.3 is 9.72 Å². The van der Waals surface area contributed by atoms with Crippen molar-refractivity contribution in [1.82, 2.24) is 19.7 Å². The number of carbonyl (C=O) groups is 1. The summed E-state index contributed by atoms with van der Waals surface area (Å²) in [6.45, 7) is 0.380. The van der Waals surface area contributed by atoms with Crippen molar-refractivity contribution in [3.63, 3.8) is 0 Å². The SMILES string of the molecule is O=C(NCc1ncn2ccc(Br)cc12)C1=CCc2cccnc21. The number of nitrogens with one attached hydrogen (secondary N) is 1. The van der Waals surface area contributed by atoms with E-state index < -0.39 is 0 Å². The molecule has 1 N–H and O–H groups in total. The number of halogens is 1. The minimum atomic E-state index is -0.112. The zero-order valence-electron chi connectivity index (χ0n) is 12.2. The fraction of sp³-hybridized carbons (Fsp3) is 0.118. The Morgan fingerprint density at radius 3 is 3.17 bits per heavy atom. The molecule has 114 valence electrons. The summed E-state index contributed by atoms with van der Waals surface area (Å²) >= 11 is 3.46. The number of amides is 1. The van der Waals surface area contributed by atoms with Crippen LogP contribution in [0.1, 0.15) is 17.0 Å². The Morgan fingerprint density at radius 2 is 2.26 bits per heavy atom. The first-order valence-corrected chi connectivity index (χ1v) is 8.05. The van der Waals surface area contributed by atoms with Crippen LogP contribution < -0.4 is 5.32 Å². The van der Waals surface area contributed by atoms with Gasteiger partial charge in [-0.25, -0.2) is 4.98 Å². The van der Waals surface area contributed by atoms with Crippen LogP contribution in [-0.4, -0.2) is 20.3 Å². The minimum absolute atomic E-state index is 0.112. The molecule has 1 aliphatic rings. The molecule has 0 aliphatic heterocycles. The maximum absolute atomic E-state index is 12.4. The Labute approximate surface area is 141 Å². The second kappa shape index (κ2) is 5.62. The van der Waals surface area contributed by atoms with Crippen molar-refractivity contribution in [2.45, 2.75) is 13.0 Å². The Kier molecular flexibility index (Phi) is 3.46. The van der Waals surface area contributed by atoms with Crippen molar-refractivity contribution in [2.24, 2.45) is 0 Å². The fourth-order valence-electron chi connectivity index (χ4n) is 2.77. The van der Waals surface area contributed by atoms with Crippen LogP contribution in [0.3, 0.4) is 0 Å². The third kappa shape index (κ3) is 2.55. The highest BCUT2D eigenvalue weighted by molar-refractivity contribution is 9.10. The summed E-state index contributed by atoms with van der Waals surface area (Å²) in [5.74, 6) is -0.112. The van der Waals surface area contributed by atoms with E-state index in [1.165, 1.54) is 0 Å². The normalized spacial score (nSPS) is 13.0. The first kappa shape index (κ1) is 14.1. The van der Waals surface area contributed by atoms with Gasteiger partial charge in [-0.15, -0.1) is 0 Å². The smallest absolute Gasteiger partial charge is 0.253 e. The van der Waals surface area contributed by atoms with Crippen molar-refractivity contribution in [2.75, 3.05) is 0 Å². The van der Waals surface area contributed by atoms with Crippen molar-refractivity contribution in [1.29, 1.82) is 0 Å². The molecule has 0 bridgehead atoms. The van der Waals surface area contributed by atoms with Gasteiger partial charge in [-0.1, -0.05) is 28.1 Å². The largest absolute Gasteiger partial charge is 0.346 e. The van der Waals surface area contributed by atoms with Gasteiger partial charge in [0.2, 0.25) is 0 Å². The van der Waals surface area contributed by atoms with E-state index in [2.05, 4.69) is 31.2 Å². The van der Waals surface area contributed by atoms with E-state index in [1.54, 1.807) is 12.5 Å². The molecule has 3 aromatic heterocycles. The second-order valence-corrected chi connectivity index (χ2v) is 6.26. The predicted octanol–water partition coefficient (Wildman–Crippen LogP) is 2.75. The van der Waals surface area contributed by atoms with Crippen LogP contribution in [0.5, 0.6) is 0 Å². The van der Waals surface area contributed by atoms with Crippen molar-refractivity contribution in [3.8, 4) is 0 Å². The third-order valence-electron chi connectivity index (χ3n) is 3.91. The van der Waals surface area contributed by atoms with Crippen LogP contribution in [0.15, 0.2) is 53.5 Å². The van der Waals surface area contributed by atoms with E-state index in [4.69, 9.17) is 0 Å². The van der Waals surface area contributed by atoms with Gasteiger partial charge in [0.25, 0.3) is 5.91 Å². The number of allylic oxidation sites excluding steroid dienone is 1. The molecule has 4 rings (SSSR count). The fourth-order valence-corrected chi connectivity index (χ4v) is 3.10. The van der Waals surface area contributed by atoms with E-state index in [9.17, 15) is 4.79 Å². The maximum atomic E-state index is 12.4. The molecule has 1 aliphatic carbocycles. The van der Waals surface area contributed by atoms with Gasteiger partial charge in [0.1, 0.15) is 0 Å². The lowest BCUT2D eigenvalue weighted by Gasteiger charge is -2.06. The zero-order chi connectivity index (χ0) is 15.8. The summed E-state index contributed by atoms with van der Waals surface area (Å²) in [5.41, 5.74) is 4.32. The minimum Gasteiger partial charge on any atom is -0.346 e. The van der Waals surface area contributed by atoms with Gasteiger partial charge in [-0.05, 0) is 30.2 Å². The molecule has 3 aromatic rings. The highest BCUT2D eigenvalue weighted by Crippen LogP contribution is 2.25.